The van der Waals surface area contributed by atoms with Crippen LogP contribution in [-0.2, 0) is 11.8 Å². The second-order valence-corrected chi connectivity index (χ2v) is 7.70. The number of amides is 1. The summed E-state index contributed by atoms with van der Waals surface area (Å²) in [4.78, 5) is 40.4. The summed E-state index contributed by atoms with van der Waals surface area (Å²) >= 11 is 0. The van der Waals surface area contributed by atoms with Crippen LogP contribution >= 0.6 is 0 Å². The summed E-state index contributed by atoms with van der Waals surface area (Å²) in [6.07, 6.45) is 0. The molecule has 29 heavy (non-hydrogen) atoms. The maximum atomic E-state index is 13.4. The molecule has 0 fully saturated rings. The van der Waals surface area contributed by atoms with Gasteiger partial charge in [-0.25, -0.2) is 4.79 Å². The predicted molar refractivity (Wildman–Crippen MR) is 113 cm³/mol. The largest absolute Gasteiger partial charge is 0.464 e. The number of carbonyl (C=O) groups excluding carboxylic acids is 3. The van der Waals surface area contributed by atoms with Gasteiger partial charge in [0.25, 0.3) is 5.91 Å². The molecule has 0 aliphatic rings. The van der Waals surface area contributed by atoms with E-state index in [0.29, 0.717) is 28.1 Å². The quantitative estimate of drug-likeness (QED) is 0.547. The third-order valence-corrected chi connectivity index (χ3v) is 5.44. The van der Waals surface area contributed by atoms with Gasteiger partial charge in [0.05, 0.1) is 13.2 Å². The van der Waals surface area contributed by atoms with E-state index in [9.17, 15) is 14.4 Å². The van der Waals surface area contributed by atoms with Crippen molar-refractivity contribution >= 4 is 17.7 Å². The van der Waals surface area contributed by atoms with E-state index in [-0.39, 0.29) is 17.7 Å². The molecule has 1 heterocycles. The molecule has 156 valence electrons. The summed E-state index contributed by atoms with van der Waals surface area (Å²) in [7, 11) is 3.04. The Morgan fingerprint density at radius 2 is 1.55 bits per heavy atom. The average molecular weight is 399 g/mol. The summed E-state index contributed by atoms with van der Waals surface area (Å²) < 4.78 is 6.53. The van der Waals surface area contributed by atoms with Crippen LogP contribution in [0, 0.1) is 20.8 Å². The minimum absolute atomic E-state index is 0.174. The van der Waals surface area contributed by atoms with Crippen LogP contribution in [0.15, 0.2) is 24.3 Å². The first-order chi connectivity index (χ1) is 13.5. The Morgan fingerprint density at radius 1 is 1.00 bits per heavy atom. The molecule has 2 rings (SSSR count). The highest BCUT2D eigenvalue weighted by Crippen LogP contribution is 2.25. The lowest BCUT2D eigenvalue weighted by Gasteiger charge is -2.32. The fourth-order valence-electron chi connectivity index (χ4n) is 3.76. The van der Waals surface area contributed by atoms with Crippen LogP contribution in [0.2, 0.25) is 0 Å². The number of carbonyl (C=O) groups is 3. The molecule has 1 amide bonds. The number of Topliss-reactive ketones (excluding diaryl/α,β-unsaturated/α-hetero) is 1. The van der Waals surface area contributed by atoms with Crippen LogP contribution in [-0.4, -0.2) is 46.3 Å². The molecule has 0 N–H and O–H groups in total. The molecule has 0 unspecified atom stereocenters. The Bertz CT molecular complexity index is 939. The highest BCUT2D eigenvalue weighted by atomic mass is 16.5. The number of hydrogen-bond acceptors (Lipinski definition) is 4. The zero-order valence-corrected chi connectivity index (χ0v) is 18.5. The number of nitrogens with zero attached hydrogens (tertiary/aromatic N) is 2. The van der Waals surface area contributed by atoms with Crippen molar-refractivity contribution in [1.29, 1.82) is 0 Å². The number of aromatic nitrogens is 1. The molecule has 0 saturated heterocycles. The molecule has 0 spiro atoms. The lowest BCUT2D eigenvalue weighted by Crippen LogP contribution is -2.47. The molecule has 0 radical (unpaired) electrons. The number of hydrogen-bond donors (Lipinski definition) is 0. The molecular weight excluding hydrogens is 368 g/mol. The van der Waals surface area contributed by atoms with Crippen molar-refractivity contribution in [3.8, 4) is 0 Å². The fraction of sp³-hybridized carbons (Fsp3) is 0.435. The minimum atomic E-state index is -0.686. The Morgan fingerprint density at radius 3 is 2.03 bits per heavy atom. The molecule has 1 atom stereocenters. The van der Waals surface area contributed by atoms with E-state index in [0.717, 1.165) is 5.56 Å². The molecule has 6 heteroatoms. The Kier molecular flexibility index (Phi) is 6.67. The zero-order valence-electron chi connectivity index (χ0n) is 18.5. The summed E-state index contributed by atoms with van der Waals surface area (Å²) in [5, 5.41) is 0. The second-order valence-electron chi connectivity index (χ2n) is 7.70. The SMILES string of the molecule is COC(=O)c1c(C)c(C(=O)[C@@H](C)N(C(=O)c2ccc(C)cc2)C(C)C)c(C)n1C. The first kappa shape index (κ1) is 22.4. The van der Waals surface area contributed by atoms with Gasteiger partial charge >= 0.3 is 5.97 Å². The van der Waals surface area contributed by atoms with E-state index in [2.05, 4.69) is 0 Å². The first-order valence-corrected chi connectivity index (χ1v) is 9.70. The molecule has 1 aromatic heterocycles. The highest BCUT2D eigenvalue weighted by Gasteiger charge is 2.33. The average Bonchev–Trinajstić information content (AvgIpc) is 2.89. The number of benzene rings is 1. The van der Waals surface area contributed by atoms with Crippen LogP contribution in [0.5, 0.6) is 0 Å². The van der Waals surface area contributed by atoms with Crippen molar-refractivity contribution in [3.63, 3.8) is 0 Å². The third-order valence-electron chi connectivity index (χ3n) is 5.44. The van der Waals surface area contributed by atoms with Crippen molar-refractivity contribution in [2.45, 2.75) is 53.6 Å². The summed E-state index contributed by atoms with van der Waals surface area (Å²) in [6.45, 7) is 11.0. The van der Waals surface area contributed by atoms with Gasteiger partial charge in [-0.15, -0.1) is 0 Å². The van der Waals surface area contributed by atoms with Crippen LogP contribution in [0.3, 0.4) is 0 Å². The number of ether oxygens (including phenoxy) is 1. The van der Waals surface area contributed by atoms with Crippen molar-refractivity contribution < 1.29 is 19.1 Å². The maximum absolute atomic E-state index is 13.4. The van der Waals surface area contributed by atoms with Gasteiger partial charge in [-0.05, 0) is 59.2 Å². The standard InChI is InChI=1S/C23H30N2O4/c1-13(2)25(22(27)18-11-9-14(3)10-12-18)17(6)21(26)19-15(4)20(23(28)29-8)24(7)16(19)5/h9-13,17H,1-8H3/t17-/m1/s1. The maximum Gasteiger partial charge on any atom is 0.354 e. The van der Waals surface area contributed by atoms with Gasteiger partial charge in [-0.1, -0.05) is 17.7 Å². The van der Waals surface area contributed by atoms with Gasteiger partial charge in [0.2, 0.25) is 0 Å². The lowest BCUT2D eigenvalue weighted by molar-refractivity contribution is 0.0565. The lowest BCUT2D eigenvalue weighted by atomic mass is 9.98. The topological polar surface area (TPSA) is 68.6 Å². The number of aryl methyl sites for hydroxylation is 1. The number of methoxy groups -OCH3 is 1. The van der Waals surface area contributed by atoms with Gasteiger partial charge in [-0.3, -0.25) is 9.59 Å². The highest BCUT2D eigenvalue weighted by molar-refractivity contribution is 6.07. The molecule has 6 nitrogen and oxygen atoms in total. The molecule has 0 aliphatic carbocycles. The van der Waals surface area contributed by atoms with Crippen molar-refractivity contribution in [2.24, 2.45) is 7.05 Å². The normalized spacial score (nSPS) is 12.0. The first-order valence-electron chi connectivity index (χ1n) is 9.70. The van der Waals surface area contributed by atoms with Gasteiger partial charge in [0.1, 0.15) is 5.69 Å². The molecule has 0 saturated carbocycles. The fourth-order valence-corrected chi connectivity index (χ4v) is 3.76. The monoisotopic (exact) mass is 398 g/mol. The number of rotatable bonds is 6. The number of esters is 1. The summed E-state index contributed by atoms with van der Waals surface area (Å²) in [5.74, 6) is -0.878. The van der Waals surface area contributed by atoms with Gasteiger partial charge in [-0.2, -0.15) is 0 Å². The smallest absolute Gasteiger partial charge is 0.354 e. The van der Waals surface area contributed by atoms with Crippen molar-refractivity contribution in [2.75, 3.05) is 7.11 Å². The van der Waals surface area contributed by atoms with Crippen molar-refractivity contribution in [1.82, 2.24) is 9.47 Å². The Hall–Kier alpha value is -2.89. The van der Waals surface area contributed by atoms with Crippen LogP contribution in [0.1, 0.15) is 68.8 Å². The number of ketones is 1. The molecule has 0 aliphatic heterocycles. The molecule has 2 aromatic rings. The zero-order chi connectivity index (χ0) is 22.0. The van der Waals surface area contributed by atoms with E-state index in [1.807, 2.05) is 32.9 Å². The van der Waals surface area contributed by atoms with Gasteiger partial charge in [0, 0.05) is 29.9 Å². The van der Waals surface area contributed by atoms with E-state index in [1.165, 1.54) is 7.11 Å². The molecule has 1 aromatic carbocycles. The molecule has 0 bridgehead atoms. The Labute approximate surface area is 172 Å². The predicted octanol–water partition coefficient (Wildman–Crippen LogP) is 3.86. The van der Waals surface area contributed by atoms with Crippen LogP contribution in [0.4, 0.5) is 0 Å². The van der Waals surface area contributed by atoms with E-state index in [4.69, 9.17) is 4.74 Å². The van der Waals surface area contributed by atoms with E-state index < -0.39 is 12.0 Å². The summed E-state index contributed by atoms with van der Waals surface area (Å²) in [5.41, 5.74) is 3.66. The van der Waals surface area contributed by atoms with Gasteiger partial charge < -0.3 is 14.2 Å². The van der Waals surface area contributed by atoms with E-state index in [1.54, 1.807) is 49.4 Å². The van der Waals surface area contributed by atoms with Crippen LogP contribution in [0.25, 0.3) is 0 Å². The minimum Gasteiger partial charge on any atom is -0.464 e. The third kappa shape index (κ3) is 4.11. The van der Waals surface area contributed by atoms with E-state index >= 15 is 0 Å². The van der Waals surface area contributed by atoms with Crippen LogP contribution < -0.4 is 0 Å². The van der Waals surface area contributed by atoms with Gasteiger partial charge in [0.15, 0.2) is 5.78 Å². The second kappa shape index (κ2) is 8.64. The molecular formula is C23H30N2O4. The summed E-state index contributed by atoms with van der Waals surface area (Å²) in [6, 6.07) is 6.46. The Balaban J connectivity index is 2.47. The van der Waals surface area contributed by atoms with Crippen molar-refractivity contribution in [3.05, 3.63) is 57.9 Å².